The molecule has 0 heterocycles. The molecule has 0 aliphatic carbocycles. The Hall–Kier alpha value is -2.09. The third-order valence-corrected chi connectivity index (χ3v) is 2.42. The molecule has 1 aromatic rings. The largest absolute Gasteiger partial charge is 0.396 e. The number of carbonyl (C=O) groups is 2. The number of amides is 2. The van der Waals surface area contributed by atoms with E-state index in [9.17, 15) is 22.8 Å². The zero-order valence-electron chi connectivity index (χ0n) is 11.0. The fraction of sp³-hybridized carbons (Fsp3) is 0.385. The predicted octanol–water partition coefficient (Wildman–Crippen LogP) is 1.23. The van der Waals surface area contributed by atoms with Gasteiger partial charge in [-0.05, 0) is 24.1 Å². The van der Waals surface area contributed by atoms with Gasteiger partial charge >= 0.3 is 18.0 Å². The summed E-state index contributed by atoms with van der Waals surface area (Å²) in [7, 11) is 0. The first-order chi connectivity index (χ1) is 9.81. The van der Waals surface area contributed by atoms with Gasteiger partial charge in [0.2, 0.25) is 0 Å². The average molecular weight is 304 g/mol. The van der Waals surface area contributed by atoms with Gasteiger partial charge in [-0.2, -0.15) is 13.2 Å². The molecule has 1 rings (SSSR count). The Balaban J connectivity index is 2.60. The van der Waals surface area contributed by atoms with Crippen LogP contribution >= 0.6 is 0 Å². The van der Waals surface area contributed by atoms with Crippen LogP contribution in [0.15, 0.2) is 24.3 Å². The van der Waals surface area contributed by atoms with Crippen LogP contribution < -0.4 is 10.6 Å². The summed E-state index contributed by atoms with van der Waals surface area (Å²) in [6.45, 7) is 0.0122. The molecule has 0 fully saturated rings. The van der Waals surface area contributed by atoms with Crippen LogP contribution in [0.2, 0.25) is 0 Å². The summed E-state index contributed by atoms with van der Waals surface area (Å²) in [6.07, 6.45) is -5.15. The quantitative estimate of drug-likeness (QED) is 0.565. The third-order valence-electron chi connectivity index (χ3n) is 2.42. The van der Waals surface area contributed by atoms with Crippen molar-refractivity contribution in [1.29, 1.82) is 0 Å². The lowest BCUT2D eigenvalue weighted by Gasteiger charge is -2.09. The van der Waals surface area contributed by atoms with Crippen molar-refractivity contribution < 1.29 is 27.9 Å². The smallest absolute Gasteiger partial charge is 0.393 e. The first kappa shape index (κ1) is 17.0. The molecule has 0 aromatic heterocycles. The SMILES string of the molecule is O=C(NCCCO)C(=O)Nc1cccc(CC(F)(F)F)c1. The third kappa shape index (κ3) is 6.75. The number of benzene rings is 1. The van der Waals surface area contributed by atoms with Crippen LogP contribution in [0, 0.1) is 0 Å². The second-order valence-electron chi connectivity index (χ2n) is 4.28. The summed E-state index contributed by atoms with van der Waals surface area (Å²) >= 11 is 0. The number of halogens is 3. The Bertz CT molecular complexity index is 504. The molecule has 0 aliphatic rings. The Kier molecular flexibility index (Phi) is 6.16. The van der Waals surface area contributed by atoms with Gasteiger partial charge < -0.3 is 15.7 Å². The molecule has 0 saturated carbocycles. The molecule has 0 aliphatic heterocycles. The van der Waals surface area contributed by atoms with Crippen molar-refractivity contribution in [2.75, 3.05) is 18.5 Å². The van der Waals surface area contributed by atoms with E-state index in [0.29, 0.717) is 6.42 Å². The lowest BCUT2D eigenvalue weighted by molar-refractivity contribution is -0.136. The minimum absolute atomic E-state index is 0.0130. The van der Waals surface area contributed by atoms with Crippen LogP contribution in [-0.4, -0.2) is 36.2 Å². The highest BCUT2D eigenvalue weighted by molar-refractivity contribution is 6.39. The summed E-state index contributed by atoms with van der Waals surface area (Å²) in [5.41, 5.74) is 0.0973. The van der Waals surface area contributed by atoms with Crippen molar-refractivity contribution in [2.24, 2.45) is 0 Å². The molecule has 5 nitrogen and oxygen atoms in total. The monoisotopic (exact) mass is 304 g/mol. The minimum Gasteiger partial charge on any atom is -0.396 e. The van der Waals surface area contributed by atoms with Crippen LogP contribution in [0.1, 0.15) is 12.0 Å². The lowest BCUT2D eigenvalue weighted by atomic mass is 10.1. The fourth-order valence-electron chi connectivity index (χ4n) is 1.54. The number of aliphatic hydroxyl groups excluding tert-OH is 1. The summed E-state index contributed by atoms with van der Waals surface area (Å²) in [4.78, 5) is 22.8. The maximum atomic E-state index is 12.3. The topological polar surface area (TPSA) is 78.4 Å². The predicted molar refractivity (Wildman–Crippen MR) is 69.5 cm³/mol. The van der Waals surface area contributed by atoms with Crippen molar-refractivity contribution in [3.8, 4) is 0 Å². The Labute approximate surface area is 119 Å². The summed E-state index contributed by atoms with van der Waals surface area (Å²) in [5, 5.41) is 13.0. The number of hydrogen-bond donors (Lipinski definition) is 3. The van der Waals surface area contributed by atoms with E-state index in [4.69, 9.17) is 5.11 Å². The Morgan fingerprint density at radius 2 is 1.90 bits per heavy atom. The molecule has 0 atom stereocenters. The molecule has 0 bridgehead atoms. The Morgan fingerprint density at radius 3 is 2.52 bits per heavy atom. The van der Waals surface area contributed by atoms with Gasteiger partial charge in [-0.25, -0.2) is 0 Å². The second-order valence-corrected chi connectivity index (χ2v) is 4.28. The molecule has 0 saturated heterocycles. The first-order valence-electron chi connectivity index (χ1n) is 6.17. The van der Waals surface area contributed by atoms with Gasteiger partial charge in [-0.15, -0.1) is 0 Å². The molecule has 0 radical (unpaired) electrons. The molecule has 1 aromatic carbocycles. The summed E-state index contributed by atoms with van der Waals surface area (Å²) in [5.74, 6) is -1.89. The van der Waals surface area contributed by atoms with Crippen molar-refractivity contribution in [3.05, 3.63) is 29.8 Å². The van der Waals surface area contributed by atoms with Gasteiger partial charge in [0, 0.05) is 18.8 Å². The number of rotatable bonds is 5. The summed E-state index contributed by atoms with van der Waals surface area (Å²) < 4.78 is 36.8. The van der Waals surface area contributed by atoms with E-state index in [1.165, 1.54) is 18.2 Å². The van der Waals surface area contributed by atoms with Crippen molar-refractivity contribution in [2.45, 2.75) is 19.0 Å². The maximum absolute atomic E-state index is 12.3. The van der Waals surface area contributed by atoms with E-state index in [1.54, 1.807) is 0 Å². The number of anilines is 1. The van der Waals surface area contributed by atoms with Crippen LogP contribution in [0.4, 0.5) is 18.9 Å². The molecule has 2 amide bonds. The fourth-order valence-corrected chi connectivity index (χ4v) is 1.54. The van der Waals surface area contributed by atoms with Gasteiger partial charge in [-0.3, -0.25) is 9.59 Å². The maximum Gasteiger partial charge on any atom is 0.393 e. The number of aliphatic hydroxyl groups is 1. The van der Waals surface area contributed by atoms with Crippen molar-refractivity contribution in [1.82, 2.24) is 5.32 Å². The standard InChI is InChI=1S/C13H15F3N2O3/c14-13(15,16)8-9-3-1-4-10(7-9)18-12(21)11(20)17-5-2-6-19/h1,3-4,7,19H,2,5-6,8H2,(H,17,20)(H,18,21). The highest BCUT2D eigenvalue weighted by Gasteiger charge is 2.27. The van der Waals surface area contributed by atoms with Gasteiger partial charge in [0.05, 0.1) is 6.42 Å². The number of hydrogen-bond acceptors (Lipinski definition) is 3. The molecule has 8 heteroatoms. The van der Waals surface area contributed by atoms with Crippen LogP contribution in [0.5, 0.6) is 0 Å². The average Bonchev–Trinajstić information content (AvgIpc) is 2.37. The zero-order chi connectivity index (χ0) is 15.9. The van der Waals surface area contributed by atoms with E-state index >= 15 is 0 Å². The van der Waals surface area contributed by atoms with E-state index < -0.39 is 24.4 Å². The van der Waals surface area contributed by atoms with Gasteiger partial charge in [0.25, 0.3) is 0 Å². The molecule has 0 unspecified atom stereocenters. The molecule has 21 heavy (non-hydrogen) atoms. The van der Waals surface area contributed by atoms with Gasteiger partial charge in [0.15, 0.2) is 0 Å². The normalized spacial score (nSPS) is 11.0. The van der Waals surface area contributed by atoms with Crippen LogP contribution in [0.25, 0.3) is 0 Å². The highest BCUT2D eigenvalue weighted by Crippen LogP contribution is 2.22. The van der Waals surface area contributed by atoms with E-state index in [-0.39, 0.29) is 24.4 Å². The molecule has 0 spiro atoms. The second kappa shape index (κ2) is 7.63. The minimum atomic E-state index is -4.34. The van der Waals surface area contributed by atoms with Gasteiger partial charge in [-0.1, -0.05) is 12.1 Å². The van der Waals surface area contributed by atoms with Crippen LogP contribution in [-0.2, 0) is 16.0 Å². The van der Waals surface area contributed by atoms with Crippen molar-refractivity contribution in [3.63, 3.8) is 0 Å². The lowest BCUT2D eigenvalue weighted by Crippen LogP contribution is -2.36. The molecule has 3 N–H and O–H groups in total. The van der Waals surface area contributed by atoms with E-state index in [1.807, 2.05) is 0 Å². The van der Waals surface area contributed by atoms with E-state index in [2.05, 4.69) is 10.6 Å². The van der Waals surface area contributed by atoms with Gasteiger partial charge in [0.1, 0.15) is 0 Å². The highest BCUT2D eigenvalue weighted by atomic mass is 19.4. The molecular weight excluding hydrogens is 289 g/mol. The Morgan fingerprint density at radius 1 is 1.19 bits per heavy atom. The zero-order valence-corrected chi connectivity index (χ0v) is 11.0. The van der Waals surface area contributed by atoms with Crippen molar-refractivity contribution >= 4 is 17.5 Å². The molecular formula is C13H15F3N2O3. The number of nitrogens with one attached hydrogen (secondary N) is 2. The first-order valence-corrected chi connectivity index (χ1v) is 6.17. The molecule has 116 valence electrons. The number of alkyl halides is 3. The van der Waals surface area contributed by atoms with Crippen LogP contribution in [0.3, 0.4) is 0 Å². The number of carbonyl (C=O) groups excluding carboxylic acids is 2. The summed E-state index contributed by atoms with van der Waals surface area (Å²) in [6, 6.07) is 5.19. The van der Waals surface area contributed by atoms with E-state index in [0.717, 1.165) is 6.07 Å².